The summed E-state index contributed by atoms with van der Waals surface area (Å²) in [6.45, 7) is 0.635. The van der Waals surface area contributed by atoms with Crippen LogP contribution in [0.25, 0.3) is 0 Å². The molecule has 80 valence electrons. The van der Waals surface area contributed by atoms with E-state index in [0.717, 1.165) is 12.0 Å². The van der Waals surface area contributed by atoms with Gasteiger partial charge in [0, 0.05) is 6.42 Å². The molecule has 1 aromatic heterocycles. The number of H-pyrrole nitrogens is 1. The molecule has 0 saturated heterocycles. The van der Waals surface area contributed by atoms with Crippen molar-refractivity contribution in [3.05, 3.63) is 41.5 Å². The summed E-state index contributed by atoms with van der Waals surface area (Å²) in [6, 6.07) is 5.58. The van der Waals surface area contributed by atoms with Crippen molar-refractivity contribution in [2.24, 2.45) is 0 Å². The molecule has 1 N–H and O–H groups in total. The maximum Gasteiger partial charge on any atom is 0.233 e. The van der Waals surface area contributed by atoms with Crippen molar-refractivity contribution in [1.82, 2.24) is 15.2 Å². The fourth-order valence-corrected chi connectivity index (χ4v) is 1.84. The van der Waals surface area contributed by atoms with Gasteiger partial charge in [-0.3, -0.25) is 9.89 Å². The van der Waals surface area contributed by atoms with E-state index in [1.54, 1.807) is 6.07 Å². The van der Waals surface area contributed by atoms with Gasteiger partial charge in [0.15, 0.2) is 5.82 Å². The van der Waals surface area contributed by atoms with Crippen LogP contribution in [0.2, 0.25) is 0 Å². The second-order valence-corrected chi connectivity index (χ2v) is 3.56. The Labute approximate surface area is 91.5 Å². The maximum atomic E-state index is 12.1. The van der Waals surface area contributed by atoms with Crippen LogP contribution in [0.15, 0.2) is 24.5 Å². The average molecular weight is 215 g/mol. The Bertz CT molecular complexity index is 534. The molecular weight excluding hydrogens is 206 g/mol. The van der Waals surface area contributed by atoms with Crippen LogP contribution < -0.4 is 4.74 Å². The number of nitrogens with zero attached hydrogens (tertiary/aromatic N) is 2. The minimum atomic E-state index is -0.184. The van der Waals surface area contributed by atoms with Gasteiger partial charge in [0.25, 0.3) is 0 Å². The fraction of sp³-hybridized carbons (Fsp3) is 0.182. The van der Waals surface area contributed by atoms with E-state index in [9.17, 15) is 4.79 Å². The number of aromatic amines is 1. The Hall–Kier alpha value is -2.17. The largest absolute Gasteiger partial charge is 0.492 e. The van der Waals surface area contributed by atoms with Gasteiger partial charge in [0.2, 0.25) is 5.78 Å². The molecule has 0 radical (unpaired) electrons. The standard InChI is InChI=1S/C11H9N3O2/c15-9(11-12-6-13-14-11)8-3-1-2-7-4-5-16-10(7)8/h1-3,6H,4-5H2,(H,12,13,14). The first-order valence-corrected chi connectivity index (χ1v) is 5.01. The van der Waals surface area contributed by atoms with Gasteiger partial charge in [-0.1, -0.05) is 12.1 Å². The van der Waals surface area contributed by atoms with E-state index in [4.69, 9.17) is 4.74 Å². The van der Waals surface area contributed by atoms with Crippen molar-refractivity contribution in [2.75, 3.05) is 6.61 Å². The van der Waals surface area contributed by atoms with Crippen molar-refractivity contribution in [1.29, 1.82) is 0 Å². The molecule has 0 unspecified atom stereocenters. The molecule has 0 saturated carbocycles. The van der Waals surface area contributed by atoms with Crippen molar-refractivity contribution < 1.29 is 9.53 Å². The Morgan fingerprint density at radius 2 is 2.38 bits per heavy atom. The molecule has 2 heterocycles. The molecule has 0 atom stereocenters. The minimum Gasteiger partial charge on any atom is -0.492 e. The fourth-order valence-electron chi connectivity index (χ4n) is 1.84. The molecule has 1 aliphatic rings. The first-order valence-electron chi connectivity index (χ1n) is 5.01. The van der Waals surface area contributed by atoms with Crippen molar-refractivity contribution in [3.8, 4) is 5.75 Å². The van der Waals surface area contributed by atoms with Crippen LogP contribution in [0.1, 0.15) is 21.7 Å². The lowest BCUT2D eigenvalue weighted by molar-refractivity contribution is 0.102. The molecular formula is C11H9N3O2. The summed E-state index contributed by atoms with van der Waals surface area (Å²) in [5.41, 5.74) is 1.62. The molecule has 0 aliphatic carbocycles. The first-order chi connectivity index (χ1) is 7.86. The highest BCUT2D eigenvalue weighted by atomic mass is 16.5. The number of rotatable bonds is 2. The lowest BCUT2D eigenvalue weighted by Crippen LogP contribution is -2.05. The first kappa shape index (κ1) is 9.08. The van der Waals surface area contributed by atoms with E-state index in [1.165, 1.54) is 6.33 Å². The van der Waals surface area contributed by atoms with Gasteiger partial charge in [0.1, 0.15) is 12.1 Å². The topological polar surface area (TPSA) is 67.9 Å². The van der Waals surface area contributed by atoms with Gasteiger partial charge in [-0.05, 0) is 11.6 Å². The van der Waals surface area contributed by atoms with Gasteiger partial charge < -0.3 is 4.74 Å². The highest BCUT2D eigenvalue weighted by molar-refractivity contribution is 6.08. The van der Waals surface area contributed by atoms with Crippen LogP contribution in [-0.2, 0) is 6.42 Å². The summed E-state index contributed by atoms with van der Waals surface area (Å²) >= 11 is 0. The van der Waals surface area contributed by atoms with E-state index in [0.29, 0.717) is 17.9 Å². The Morgan fingerprint density at radius 1 is 1.44 bits per heavy atom. The van der Waals surface area contributed by atoms with Gasteiger partial charge in [0.05, 0.1) is 12.2 Å². The Morgan fingerprint density at radius 3 is 3.19 bits per heavy atom. The lowest BCUT2D eigenvalue weighted by atomic mass is 10.0. The number of hydrogen-bond acceptors (Lipinski definition) is 4. The highest BCUT2D eigenvalue weighted by Gasteiger charge is 2.22. The number of carbonyl (C=O) groups is 1. The predicted molar refractivity (Wildman–Crippen MR) is 55.5 cm³/mol. The maximum absolute atomic E-state index is 12.1. The van der Waals surface area contributed by atoms with E-state index >= 15 is 0 Å². The number of ether oxygens (including phenoxy) is 1. The van der Waals surface area contributed by atoms with Gasteiger partial charge in [-0.2, -0.15) is 5.10 Å². The quantitative estimate of drug-likeness (QED) is 0.758. The van der Waals surface area contributed by atoms with E-state index in [2.05, 4.69) is 15.2 Å². The lowest BCUT2D eigenvalue weighted by Gasteiger charge is -2.04. The second kappa shape index (κ2) is 3.44. The highest BCUT2D eigenvalue weighted by Crippen LogP contribution is 2.30. The smallest absolute Gasteiger partial charge is 0.233 e. The van der Waals surface area contributed by atoms with Crippen LogP contribution in [0.4, 0.5) is 0 Å². The molecule has 0 spiro atoms. The van der Waals surface area contributed by atoms with Gasteiger partial charge in [-0.15, -0.1) is 0 Å². The normalized spacial score (nSPS) is 13.2. The number of hydrogen-bond donors (Lipinski definition) is 1. The van der Waals surface area contributed by atoms with Crippen LogP contribution in [0, 0.1) is 0 Å². The summed E-state index contributed by atoms with van der Waals surface area (Å²) in [5, 5.41) is 6.22. The number of ketones is 1. The molecule has 3 rings (SSSR count). The number of carbonyl (C=O) groups excluding carboxylic acids is 1. The third-order valence-corrected chi connectivity index (χ3v) is 2.59. The monoisotopic (exact) mass is 215 g/mol. The summed E-state index contributed by atoms with van der Waals surface area (Å²) < 4.78 is 5.47. The van der Waals surface area contributed by atoms with E-state index in [1.807, 2.05) is 12.1 Å². The van der Waals surface area contributed by atoms with Crippen molar-refractivity contribution in [2.45, 2.75) is 6.42 Å². The predicted octanol–water partition coefficient (Wildman–Crippen LogP) is 0.971. The minimum absolute atomic E-state index is 0.184. The number of nitrogens with one attached hydrogen (secondary N) is 1. The Balaban J connectivity index is 2.08. The molecule has 0 fully saturated rings. The SMILES string of the molecule is O=C(c1ncn[nH]1)c1cccc2c1OCC2. The van der Waals surface area contributed by atoms with Crippen LogP contribution in [0.3, 0.4) is 0 Å². The molecule has 0 bridgehead atoms. The molecule has 1 aliphatic heterocycles. The molecule has 1 aromatic carbocycles. The molecule has 16 heavy (non-hydrogen) atoms. The van der Waals surface area contributed by atoms with Crippen molar-refractivity contribution in [3.63, 3.8) is 0 Å². The zero-order valence-electron chi connectivity index (χ0n) is 8.43. The number of aromatic nitrogens is 3. The number of para-hydroxylation sites is 1. The average Bonchev–Trinajstić information content (AvgIpc) is 2.98. The summed E-state index contributed by atoms with van der Waals surface area (Å²) in [7, 11) is 0. The van der Waals surface area contributed by atoms with Crippen LogP contribution in [-0.4, -0.2) is 27.6 Å². The summed E-state index contributed by atoms with van der Waals surface area (Å²) in [5.74, 6) is 0.740. The molecule has 5 nitrogen and oxygen atoms in total. The van der Waals surface area contributed by atoms with E-state index in [-0.39, 0.29) is 11.6 Å². The van der Waals surface area contributed by atoms with Crippen LogP contribution >= 0.6 is 0 Å². The molecule has 0 amide bonds. The zero-order chi connectivity index (χ0) is 11.0. The number of benzene rings is 1. The third-order valence-electron chi connectivity index (χ3n) is 2.59. The van der Waals surface area contributed by atoms with E-state index < -0.39 is 0 Å². The Kier molecular flexibility index (Phi) is 1.96. The van der Waals surface area contributed by atoms with Gasteiger partial charge in [-0.25, -0.2) is 4.98 Å². The van der Waals surface area contributed by atoms with Gasteiger partial charge >= 0.3 is 0 Å². The zero-order valence-corrected chi connectivity index (χ0v) is 8.43. The number of fused-ring (bicyclic) bond motifs is 1. The van der Waals surface area contributed by atoms with Crippen LogP contribution in [0.5, 0.6) is 5.75 Å². The molecule has 2 aromatic rings. The second-order valence-electron chi connectivity index (χ2n) is 3.56. The van der Waals surface area contributed by atoms with Crippen molar-refractivity contribution >= 4 is 5.78 Å². The summed E-state index contributed by atoms with van der Waals surface area (Å²) in [4.78, 5) is 15.9. The summed E-state index contributed by atoms with van der Waals surface area (Å²) in [6.07, 6.45) is 2.17. The third kappa shape index (κ3) is 1.29. The molecule has 5 heteroatoms.